The zero-order valence-corrected chi connectivity index (χ0v) is 19.1. The number of carbonyl (C=O) groups is 3. The minimum atomic E-state index is -1.18. The van der Waals surface area contributed by atoms with Crippen LogP contribution in [0.2, 0.25) is 5.02 Å². The van der Waals surface area contributed by atoms with E-state index in [4.69, 9.17) is 25.8 Å². The third-order valence-electron chi connectivity index (χ3n) is 4.59. The van der Waals surface area contributed by atoms with Gasteiger partial charge in [0.25, 0.3) is 0 Å². The van der Waals surface area contributed by atoms with Crippen LogP contribution in [-0.2, 0) is 32.1 Å². The smallest absolute Gasteiger partial charge is 0.407 e. The highest BCUT2D eigenvalue weighted by Gasteiger charge is 2.24. The van der Waals surface area contributed by atoms with Crippen LogP contribution < -0.4 is 15.4 Å². The number of amides is 2. The first-order valence-electron chi connectivity index (χ1n) is 10.1. The molecule has 2 aromatic rings. The predicted molar refractivity (Wildman–Crippen MR) is 121 cm³/mol. The van der Waals surface area contributed by atoms with E-state index in [1.54, 1.807) is 18.2 Å². The number of methoxy groups -OCH3 is 2. The quantitative estimate of drug-likeness (QED) is 0.423. The van der Waals surface area contributed by atoms with Crippen molar-refractivity contribution in [3.63, 3.8) is 0 Å². The van der Waals surface area contributed by atoms with E-state index in [1.165, 1.54) is 14.2 Å². The van der Waals surface area contributed by atoms with Crippen molar-refractivity contribution in [3.05, 3.63) is 64.7 Å². The lowest BCUT2D eigenvalue weighted by Gasteiger charge is -2.18. The average Bonchev–Trinajstić information content (AvgIpc) is 2.81. The largest absolute Gasteiger partial charge is 0.495 e. The van der Waals surface area contributed by atoms with Crippen molar-refractivity contribution in [1.82, 2.24) is 10.6 Å². The van der Waals surface area contributed by atoms with E-state index in [0.717, 1.165) is 5.56 Å². The number of rotatable bonds is 11. The number of nitrogens with one attached hydrogen (secondary N) is 2. The summed E-state index contributed by atoms with van der Waals surface area (Å²) in [5, 5.41) is 15.4. The molecule has 3 N–H and O–H groups in total. The molecule has 0 radical (unpaired) electrons. The summed E-state index contributed by atoms with van der Waals surface area (Å²) in [6.45, 7) is -0.114. The molecule has 2 amide bonds. The molecule has 0 saturated heterocycles. The van der Waals surface area contributed by atoms with Gasteiger partial charge in [0.05, 0.1) is 31.8 Å². The third kappa shape index (κ3) is 8.99. The summed E-state index contributed by atoms with van der Waals surface area (Å²) in [7, 11) is 2.70. The van der Waals surface area contributed by atoms with Gasteiger partial charge in [-0.25, -0.2) is 9.59 Å². The Morgan fingerprint density at radius 2 is 1.79 bits per heavy atom. The standard InChI is InChI=1S/C23H27ClN2O7/c1-31-20-9-8-16(10-18(20)24)11-19(22(29)32-2)26-21(28)12-17(27)13-25-23(30)33-14-15-6-4-3-5-7-15/h3-10,17,19,27H,11-14H2,1-2H3,(H,25,30)(H,26,28)/t17-,19-/m1/s1. The number of hydrogen-bond donors (Lipinski definition) is 3. The maximum atomic E-state index is 12.3. The molecule has 0 aromatic heterocycles. The number of esters is 1. The molecule has 10 heteroatoms. The normalized spacial score (nSPS) is 12.2. The van der Waals surface area contributed by atoms with Crippen LogP contribution in [0.5, 0.6) is 5.75 Å². The Morgan fingerprint density at radius 3 is 2.42 bits per heavy atom. The van der Waals surface area contributed by atoms with E-state index in [9.17, 15) is 19.5 Å². The Hall–Kier alpha value is -3.30. The van der Waals surface area contributed by atoms with Gasteiger partial charge in [-0.2, -0.15) is 0 Å². The zero-order valence-electron chi connectivity index (χ0n) is 18.4. The first-order valence-corrected chi connectivity index (χ1v) is 10.5. The fourth-order valence-corrected chi connectivity index (χ4v) is 3.20. The van der Waals surface area contributed by atoms with Crippen LogP contribution in [0, 0.1) is 0 Å². The lowest BCUT2D eigenvalue weighted by molar-refractivity contribution is -0.145. The number of alkyl carbamates (subject to hydrolysis) is 1. The number of halogens is 1. The van der Waals surface area contributed by atoms with Crippen LogP contribution in [0.4, 0.5) is 4.79 Å². The number of benzene rings is 2. The number of aliphatic hydroxyl groups excluding tert-OH is 1. The fraction of sp³-hybridized carbons (Fsp3) is 0.348. The molecule has 0 aliphatic carbocycles. The van der Waals surface area contributed by atoms with Crippen LogP contribution in [0.25, 0.3) is 0 Å². The minimum Gasteiger partial charge on any atom is -0.495 e. The second-order valence-corrected chi connectivity index (χ2v) is 7.52. The lowest BCUT2D eigenvalue weighted by Crippen LogP contribution is -2.45. The van der Waals surface area contributed by atoms with Gasteiger partial charge in [0.2, 0.25) is 5.91 Å². The summed E-state index contributed by atoms with van der Waals surface area (Å²) in [5.41, 5.74) is 1.50. The Kier molecular flexibility index (Phi) is 10.5. The van der Waals surface area contributed by atoms with E-state index in [0.29, 0.717) is 16.3 Å². The number of aliphatic hydroxyl groups is 1. The van der Waals surface area contributed by atoms with Gasteiger partial charge < -0.3 is 30.0 Å². The minimum absolute atomic E-state index is 0.0828. The molecule has 0 aliphatic heterocycles. The maximum Gasteiger partial charge on any atom is 0.407 e. The van der Waals surface area contributed by atoms with Crippen molar-refractivity contribution in [2.45, 2.75) is 31.6 Å². The molecule has 9 nitrogen and oxygen atoms in total. The topological polar surface area (TPSA) is 123 Å². The van der Waals surface area contributed by atoms with E-state index >= 15 is 0 Å². The van der Waals surface area contributed by atoms with Gasteiger partial charge in [-0.15, -0.1) is 0 Å². The maximum absolute atomic E-state index is 12.3. The molecular formula is C23H27ClN2O7. The summed E-state index contributed by atoms with van der Waals surface area (Å²) in [5.74, 6) is -0.749. The molecule has 0 saturated carbocycles. The molecule has 33 heavy (non-hydrogen) atoms. The van der Waals surface area contributed by atoms with Crippen LogP contribution in [0.15, 0.2) is 48.5 Å². The Labute approximate surface area is 197 Å². The molecule has 0 spiro atoms. The summed E-state index contributed by atoms with van der Waals surface area (Å²) < 4.78 is 14.9. The highest BCUT2D eigenvalue weighted by atomic mass is 35.5. The van der Waals surface area contributed by atoms with Gasteiger partial charge in [-0.3, -0.25) is 4.79 Å². The highest BCUT2D eigenvalue weighted by molar-refractivity contribution is 6.32. The Bertz CT molecular complexity index is 940. The summed E-state index contributed by atoms with van der Waals surface area (Å²) in [6, 6.07) is 13.1. The Balaban J connectivity index is 1.81. The predicted octanol–water partition coefficient (Wildman–Crippen LogP) is 2.23. The van der Waals surface area contributed by atoms with Gasteiger partial charge in [-0.1, -0.05) is 48.0 Å². The second-order valence-electron chi connectivity index (χ2n) is 7.12. The average molecular weight is 479 g/mol. The fourth-order valence-electron chi connectivity index (χ4n) is 2.92. The van der Waals surface area contributed by atoms with Crippen molar-refractivity contribution >= 4 is 29.6 Å². The molecule has 2 aromatic carbocycles. The van der Waals surface area contributed by atoms with Crippen molar-refractivity contribution in [3.8, 4) is 5.75 Å². The van der Waals surface area contributed by atoms with Crippen LogP contribution in [0.3, 0.4) is 0 Å². The van der Waals surface area contributed by atoms with Crippen molar-refractivity contribution < 1.29 is 33.7 Å². The molecule has 0 unspecified atom stereocenters. The summed E-state index contributed by atoms with van der Waals surface area (Å²) in [6.07, 6.45) is -2.11. The highest BCUT2D eigenvalue weighted by Crippen LogP contribution is 2.25. The van der Waals surface area contributed by atoms with E-state index in [2.05, 4.69) is 10.6 Å². The van der Waals surface area contributed by atoms with Crippen LogP contribution in [-0.4, -0.2) is 56.0 Å². The van der Waals surface area contributed by atoms with Gasteiger partial charge in [0.1, 0.15) is 18.4 Å². The lowest BCUT2D eigenvalue weighted by atomic mass is 10.1. The third-order valence-corrected chi connectivity index (χ3v) is 4.89. The Morgan fingerprint density at radius 1 is 1.06 bits per heavy atom. The number of ether oxygens (including phenoxy) is 3. The van der Waals surface area contributed by atoms with E-state index in [1.807, 2.05) is 30.3 Å². The van der Waals surface area contributed by atoms with E-state index < -0.39 is 30.1 Å². The van der Waals surface area contributed by atoms with Gasteiger partial charge in [-0.05, 0) is 23.3 Å². The SMILES string of the molecule is COC(=O)[C@@H](Cc1ccc(OC)c(Cl)c1)NC(=O)C[C@@H](O)CNC(=O)OCc1ccccc1. The molecule has 2 atom stereocenters. The summed E-state index contributed by atoms with van der Waals surface area (Å²) in [4.78, 5) is 36.2. The van der Waals surface area contributed by atoms with E-state index in [-0.39, 0.29) is 26.0 Å². The first-order chi connectivity index (χ1) is 15.8. The van der Waals surface area contributed by atoms with Gasteiger partial charge >= 0.3 is 12.1 Å². The van der Waals surface area contributed by atoms with Crippen molar-refractivity contribution in [2.75, 3.05) is 20.8 Å². The molecule has 0 fully saturated rings. The zero-order chi connectivity index (χ0) is 24.2. The molecule has 178 valence electrons. The van der Waals surface area contributed by atoms with Crippen molar-refractivity contribution in [1.29, 1.82) is 0 Å². The van der Waals surface area contributed by atoms with Crippen molar-refractivity contribution in [2.24, 2.45) is 0 Å². The van der Waals surface area contributed by atoms with Crippen LogP contribution in [0.1, 0.15) is 17.5 Å². The van der Waals surface area contributed by atoms with Crippen LogP contribution >= 0.6 is 11.6 Å². The molecule has 2 rings (SSSR count). The molecule has 0 heterocycles. The number of carbonyl (C=O) groups excluding carboxylic acids is 3. The summed E-state index contributed by atoms with van der Waals surface area (Å²) >= 11 is 6.11. The molecular weight excluding hydrogens is 452 g/mol. The van der Waals surface area contributed by atoms with Gasteiger partial charge in [0, 0.05) is 13.0 Å². The second kappa shape index (κ2) is 13.3. The number of hydrogen-bond acceptors (Lipinski definition) is 7. The molecule has 0 aliphatic rings. The van der Waals surface area contributed by atoms with Gasteiger partial charge in [0.15, 0.2) is 0 Å². The monoisotopic (exact) mass is 478 g/mol. The first kappa shape index (κ1) is 26.0. The molecule has 0 bridgehead atoms.